The van der Waals surface area contributed by atoms with Gasteiger partial charge in [-0.3, -0.25) is 9.59 Å². The SMILES string of the molecule is COc1ccc(C(=O)COC(=O)CCc2cc(OC)c(OC)c(OC)c2)cc1F. The molecule has 0 heterocycles. The van der Waals surface area contributed by atoms with Crippen LogP contribution in [0.2, 0.25) is 0 Å². The van der Waals surface area contributed by atoms with Crippen molar-refractivity contribution in [2.75, 3.05) is 35.0 Å². The van der Waals surface area contributed by atoms with Gasteiger partial charge in [0.1, 0.15) is 0 Å². The fourth-order valence-corrected chi connectivity index (χ4v) is 2.67. The molecule has 0 aliphatic heterocycles. The van der Waals surface area contributed by atoms with Crippen LogP contribution in [-0.2, 0) is 16.0 Å². The summed E-state index contributed by atoms with van der Waals surface area (Å²) in [6, 6.07) is 7.27. The van der Waals surface area contributed by atoms with Crippen molar-refractivity contribution in [2.45, 2.75) is 12.8 Å². The molecule has 0 radical (unpaired) electrons. The fraction of sp³-hybridized carbons (Fsp3) is 0.333. The molecule has 0 bridgehead atoms. The van der Waals surface area contributed by atoms with Crippen LogP contribution in [0, 0.1) is 5.82 Å². The van der Waals surface area contributed by atoms with Crippen LogP contribution >= 0.6 is 0 Å². The number of ketones is 1. The first-order chi connectivity index (χ1) is 13.9. The molecule has 2 rings (SSSR count). The Kier molecular flexibility index (Phi) is 7.82. The molecule has 2 aromatic carbocycles. The number of carbonyl (C=O) groups is 2. The first kappa shape index (κ1) is 22.0. The van der Waals surface area contributed by atoms with Gasteiger partial charge in [-0.15, -0.1) is 0 Å². The number of hydrogen-bond donors (Lipinski definition) is 0. The number of halogens is 1. The lowest BCUT2D eigenvalue weighted by Crippen LogP contribution is -2.15. The van der Waals surface area contributed by atoms with Crippen LogP contribution in [0.25, 0.3) is 0 Å². The lowest BCUT2D eigenvalue weighted by Gasteiger charge is -2.14. The summed E-state index contributed by atoms with van der Waals surface area (Å²) in [6.07, 6.45) is 0.393. The minimum absolute atomic E-state index is 0.0314. The first-order valence-corrected chi connectivity index (χ1v) is 8.74. The number of aryl methyl sites for hydroxylation is 1. The van der Waals surface area contributed by atoms with E-state index in [0.29, 0.717) is 23.7 Å². The van der Waals surface area contributed by atoms with Crippen molar-refractivity contribution in [1.82, 2.24) is 0 Å². The zero-order valence-corrected chi connectivity index (χ0v) is 16.7. The lowest BCUT2D eigenvalue weighted by atomic mass is 10.1. The van der Waals surface area contributed by atoms with E-state index < -0.39 is 24.2 Å². The van der Waals surface area contributed by atoms with Crippen LogP contribution in [0.15, 0.2) is 30.3 Å². The Labute approximate surface area is 168 Å². The molecule has 0 saturated heterocycles. The summed E-state index contributed by atoms with van der Waals surface area (Å²) in [5.41, 5.74) is 0.876. The molecule has 0 atom stereocenters. The maximum Gasteiger partial charge on any atom is 0.306 e. The van der Waals surface area contributed by atoms with E-state index in [1.807, 2.05) is 0 Å². The first-order valence-electron chi connectivity index (χ1n) is 8.74. The second-order valence-corrected chi connectivity index (χ2v) is 5.97. The van der Waals surface area contributed by atoms with E-state index in [1.54, 1.807) is 12.1 Å². The molecule has 0 fully saturated rings. The number of carbonyl (C=O) groups excluding carboxylic acids is 2. The maximum absolute atomic E-state index is 13.7. The lowest BCUT2D eigenvalue weighted by molar-refractivity contribution is -0.142. The summed E-state index contributed by atoms with van der Waals surface area (Å²) in [4.78, 5) is 24.1. The van der Waals surface area contributed by atoms with Crippen LogP contribution < -0.4 is 18.9 Å². The molecule has 29 heavy (non-hydrogen) atoms. The quantitative estimate of drug-likeness (QED) is 0.443. The van der Waals surface area contributed by atoms with E-state index in [-0.39, 0.29) is 17.7 Å². The molecule has 0 saturated carbocycles. The van der Waals surface area contributed by atoms with Gasteiger partial charge in [0, 0.05) is 12.0 Å². The van der Waals surface area contributed by atoms with E-state index in [4.69, 9.17) is 23.7 Å². The highest BCUT2D eigenvalue weighted by Crippen LogP contribution is 2.38. The summed E-state index contributed by atoms with van der Waals surface area (Å²) in [5, 5.41) is 0. The summed E-state index contributed by atoms with van der Waals surface area (Å²) in [7, 11) is 5.84. The zero-order chi connectivity index (χ0) is 21.4. The molecule has 0 amide bonds. The van der Waals surface area contributed by atoms with Crippen LogP contribution in [0.5, 0.6) is 23.0 Å². The van der Waals surface area contributed by atoms with Crippen molar-refractivity contribution < 1.29 is 37.7 Å². The van der Waals surface area contributed by atoms with Gasteiger partial charge in [-0.25, -0.2) is 4.39 Å². The molecule has 0 spiro atoms. The van der Waals surface area contributed by atoms with Crippen molar-refractivity contribution >= 4 is 11.8 Å². The van der Waals surface area contributed by atoms with Gasteiger partial charge >= 0.3 is 5.97 Å². The molecule has 0 unspecified atom stereocenters. The van der Waals surface area contributed by atoms with E-state index in [1.165, 1.54) is 40.6 Å². The van der Waals surface area contributed by atoms with Gasteiger partial charge in [-0.2, -0.15) is 0 Å². The summed E-state index contributed by atoms with van der Waals surface area (Å²) in [5.74, 6) is -0.276. The molecule has 0 N–H and O–H groups in total. The number of esters is 1. The van der Waals surface area contributed by atoms with Gasteiger partial charge < -0.3 is 23.7 Å². The Morgan fingerprint density at radius 1 is 0.862 bits per heavy atom. The maximum atomic E-state index is 13.7. The number of benzene rings is 2. The predicted octanol–water partition coefficient (Wildman–Crippen LogP) is 3.22. The summed E-state index contributed by atoms with van der Waals surface area (Å²) < 4.78 is 39.3. The van der Waals surface area contributed by atoms with Crippen molar-refractivity contribution in [2.24, 2.45) is 0 Å². The second kappa shape index (κ2) is 10.3. The Bertz CT molecular complexity index is 854. The van der Waals surface area contributed by atoms with Crippen LogP contribution in [-0.4, -0.2) is 46.8 Å². The molecule has 0 aromatic heterocycles. The average molecular weight is 406 g/mol. The Morgan fingerprint density at radius 2 is 1.48 bits per heavy atom. The third kappa shape index (κ3) is 5.60. The van der Waals surface area contributed by atoms with Gasteiger partial charge in [0.05, 0.1) is 28.4 Å². The topological polar surface area (TPSA) is 80.3 Å². The zero-order valence-electron chi connectivity index (χ0n) is 16.7. The predicted molar refractivity (Wildman–Crippen MR) is 103 cm³/mol. The molecular formula is C21H23FO7. The smallest absolute Gasteiger partial charge is 0.306 e. The summed E-state index contributed by atoms with van der Waals surface area (Å²) >= 11 is 0. The molecular weight excluding hydrogens is 383 g/mol. The van der Waals surface area contributed by atoms with Gasteiger partial charge in [0.15, 0.2) is 35.5 Å². The Balaban J connectivity index is 1.93. The van der Waals surface area contributed by atoms with Crippen molar-refractivity contribution in [1.29, 1.82) is 0 Å². The van der Waals surface area contributed by atoms with Gasteiger partial charge in [-0.1, -0.05) is 0 Å². The standard InChI is InChI=1S/C21H23FO7/c1-25-17-7-6-14(11-15(17)22)16(23)12-29-20(24)8-5-13-9-18(26-2)21(28-4)19(10-13)27-3/h6-7,9-11H,5,8,12H2,1-4H3. The number of methoxy groups -OCH3 is 4. The van der Waals surface area contributed by atoms with Gasteiger partial charge in [-0.05, 0) is 42.3 Å². The normalized spacial score (nSPS) is 10.2. The van der Waals surface area contributed by atoms with Crippen LogP contribution in [0.3, 0.4) is 0 Å². The second-order valence-electron chi connectivity index (χ2n) is 5.97. The Morgan fingerprint density at radius 3 is 2.00 bits per heavy atom. The number of Topliss-reactive ketones (excluding diaryl/α,β-unsaturated/α-hetero) is 1. The van der Waals surface area contributed by atoms with Crippen molar-refractivity contribution in [3.8, 4) is 23.0 Å². The molecule has 0 aliphatic carbocycles. The molecule has 0 aliphatic rings. The van der Waals surface area contributed by atoms with Crippen LogP contribution in [0.1, 0.15) is 22.3 Å². The minimum Gasteiger partial charge on any atom is -0.494 e. The third-order valence-electron chi connectivity index (χ3n) is 4.18. The van der Waals surface area contributed by atoms with E-state index in [2.05, 4.69) is 0 Å². The largest absolute Gasteiger partial charge is 0.494 e. The highest BCUT2D eigenvalue weighted by Gasteiger charge is 2.16. The highest BCUT2D eigenvalue weighted by molar-refractivity contribution is 5.98. The van der Waals surface area contributed by atoms with E-state index in [0.717, 1.165) is 11.6 Å². The molecule has 7 nitrogen and oxygen atoms in total. The van der Waals surface area contributed by atoms with Gasteiger partial charge in [0.2, 0.25) is 5.75 Å². The van der Waals surface area contributed by atoms with Crippen molar-refractivity contribution in [3.05, 3.63) is 47.3 Å². The molecule has 2 aromatic rings. The number of hydrogen-bond acceptors (Lipinski definition) is 7. The molecule has 8 heteroatoms. The minimum atomic E-state index is -0.660. The highest BCUT2D eigenvalue weighted by atomic mass is 19.1. The van der Waals surface area contributed by atoms with Gasteiger partial charge in [0.25, 0.3) is 0 Å². The monoisotopic (exact) mass is 406 g/mol. The average Bonchev–Trinajstić information content (AvgIpc) is 2.74. The van der Waals surface area contributed by atoms with E-state index in [9.17, 15) is 14.0 Å². The van der Waals surface area contributed by atoms with Crippen LogP contribution in [0.4, 0.5) is 4.39 Å². The van der Waals surface area contributed by atoms with E-state index >= 15 is 0 Å². The third-order valence-corrected chi connectivity index (χ3v) is 4.18. The number of ether oxygens (including phenoxy) is 5. The molecule has 156 valence electrons. The fourth-order valence-electron chi connectivity index (χ4n) is 2.67. The summed E-state index contributed by atoms with van der Waals surface area (Å²) in [6.45, 7) is -0.472. The number of rotatable bonds is 10. The Hall–Kier alpha value is -3.29. The van der Waals surface area contributed by atoms with Crippen molar-refractivity contribution in [3.63, 3.8) is 0 Å².